The minimum Gasteiger partial charge on any atom is -0.438 e. The molecule has 0 fully saturated rings. The van der Waals surface area contributed by atoms with Crippen LogP contribution in [0.3, 0.4) is 0 Å². The van der Waals surface area contributed by atoms with Crippen LogP contribution in [0.25, 0.3) is 22.8 Å². The Labute approximate surface area is 184 Å². The van der Waals surface area contributed by atoms with Gasteiger partial charge in [-0.1, -0.05) is 18.2 Å². The molecule has 0 spiro atoms. The van der Waals surface area contributed by atoms with Crippen molar-refractivity contribution < 1.29 is 17.6 Å². The van der Waals surface area contributed by atoms with Gasteiger partial charge in [0.1, 0.15) is 17.2 Å². The summed E-state index contributed by atoms with van der Waals surface area (Å²) in [4.78, 5) is 30.3. The monoisotopic (exact) mass is 449 g/mol. The zero-order chi connectivity index (χ0) is 22.9. The van der Waals surface area contributed by atoms with E-state index in [0.717, 1.165) is 18.2 Å². The predicted molar refractivity (Wildman–Crippen MR) is 118 cm³/mol. The first-order chi connectivity index (χ1) is 15.2. The number of carbonyl (C=O) groups excluding carboxylic acids is 1. The highest BCUT2D eigenvalue weighted by molar-refractivity contribution is 7.90. The SMILES string of the molecule is Cc1ccc(-c2nc(C)cc(NC(=O)c3ocnc3-c3ccc(S(C)(=O)=O)cc3)n2)nc1. The number of sulfone groups is 1. The van der Waals surface area contributed by atoms with Gasteiger partial charge in [0.15, 0.2) is 22.1 Å². The molecule has 0 saturated carbocycles. The number of carbonyl (C=O) groups is 1. The van der Waals surface area contributed by atoms with Gasteiger partial charge in [-0.05, 0) is 37.6 Å². The highest BCUT2D eigenvalue weighted by Crippen LogP contribution is 2.25. The molecule has 0 aliphatic heterocycles. The third-order valence-corrected chi connectivity index (χ3v) is 5.69. The summed E-state index contributed by atoms with van der Waals surface area (Å²) >= 11 is 0. The largest absolute Gasteiger partial charge is 0.438 e. The minimum absolute atomic E-state index is 0.0246. The van der Waals surface area contributed by atoms with E-state index in [2.05, 4.69) is 25.3 Å². The molecular formula is C22H19N5O4S. The number of aryl methyl sites for hydroxylation is 2. The van der Waals surface area contributed by atoms with Crippen molar-refractivity contribution >= 4 is 21.6 Å². The van der Waals surface area contributed by atoms with Gasteiger partial charge in [-0.25, -0.2) is 23.4 Å². The number of benzene rings is 1. The van der Waals surface area contributed by atoms with Crippen LogP contribution >= 0.6 is 0 Å². The van der Waals surface area contributed by atoms with Crippen LogP contribution < -0.4 is 5.32 Å². The molecule has 0 unspecified atom stereocenters. The average molecular weight is 449 g/mol. The lowest BCUT2D eigenvalue weighted by molar-refractivity contribution is 0.0997. The van der Waals surface area contributed by atoms with E-state index in [4.69, 9.17) is 4.42 Å². The number of hydrogen-bond donors (Lipinski definition) is 1. The molecular weight excluding hydrogens is 430 g/mol. The van der Waals surface area contributed by atoms with Gasteiger partial charge < -0.3 is 9.73 Å². The van der Waals surface area contributed by atoms with Crippen LogP contribution in [0.2, 0.25) is 0 Å². The Morgan fingerprint density at radius 3 is 2.41 bits per heavy atom. The van der Waals surface area contributed by atoms with Crippen LogP contribution in [0.1, 0.15) is 21.8 Å². The highest BCUT2D eigenvalue weighted by atomic mass is 32.2. The molecule has 32 heavy (non-hydrogen) atoms. The van der Waals surface area contributed by atoms with Gasteiger partial charge in [0.05, 0.1) is 4.90 Å². The molecule has 1 amide bonds. The van der Waals surface area contributed by atoms with Crippen LogP contribution in [0.5, 0.6) is 0 Å². The van der Waals surface area contributed by atoms with Gasteiger partial charge in [0.25, 0.3) is 5.91 Å². The van der Waals surface area contributed by atoms with Crippen molar-refractivity contribution in [3.63, 3.8) is 0 Å². The van der Waals surface area contributed by atoms with Gasteiger partial charge in [0.2, 0.25) is 5.76 Å². The minimum atomic E-state index is -3.33. The van der Waals surface area contributed by atoms with Crippen molar-refractivity contribution in [3.8, 4) is 22.8 Å². The number of anilines is 1. The lowest BCUT2D eigenvalue weighted by atomic mass is 10.1. The van der Waals surface area contributed by atoms with Crippen molar-refractivity contribution in [2.75, 3.05) is 11.6 Å². The summed E-state index contributed by atoms with van der Waals surface area (Å²) in [7, 11) is -3.33. The second-order valence-electron chi connectivity index (χ2n) is 7.22. The van der Waals surface area contributed by atoms with E-state index in [1.54, 1.807) is 31.3 Å². The molecule has 4 rings (SSSR count). The van der Waals surface area contributed by atoms with E-state index in [0.29, 0.717) is 22.8 Å². The first-order valence-electron chi connectivity index (χ1n) is 9.55. The second kappa shape index (κ2) is 8.31. The van der Waals surface area contributed by atoms with Crippen molar-refractivity contribution in [1.29, 1.82) is 0 Å². The van der Waals surface area contributed by atoms with Gasteiger partial charge in [-0.2, -0.15) is 0 Å². The third kappa shape index (κ3) is 4.54. The number of oxazole rings is 1. The summed E-state index contributed by atoms with van der Waals surface area (Å²) in [5.74, 6) is 0.0955. The number of pyridine rings is 1. The maximum absolute atomic E-state index is 12.9. The van der Waals surface area contributed by atoms with Crippen LogP contribution in [-0.2, 0) is 9.84 Å². The Kier molecular flexibility index (Phi) is 5.54. The third-order valence-electron chi connectivity index (χ3n) is 4.57. The van der Waals surface area contributed by atoms with Gasteiger partial charge >= 0.3 is 0 Å². The maximum atomic E-state index is 12.9. The Bertz CT molecular complexity index is 1400. The number of rotatable bonds is 5. The summed E-state index contributed by atoms with van der Waals surface area (Å²) in [6.45, 7) is 3.72. The van der Waals surface area contributed by atoms with Gasteiger partial charge in [-0.15, -0.1) is 0 Å². The molecule has 162 valence electrons. The van der Waals surface area contributed by atoms with E-state index in [1.165, 1.54) is 12.1 Å². The molecule has 10 heteroatoms. The molecule has 0 atom stereocenters. The summed E-state index contributed by atoms with van der Waals surface area (Å²) < 4.78 is 28.6. The Balaban J connectivity index is 1.61. The molecule has 0 bridgehead atoms. The van der Waals surface area contributed by atoms with E-state index in [-0.39, 0.29) is 22.2 Å². The van der Waals surface area contributed by atoms with Gasteiger partial charge in [0, 0.05) is 29.8 Å². The molecule has 4 aromatic rings. The fourth-order valence-corrected chi connectivity index (χ4v) is 3.62. The van der Waals surface area contributed by atoms with Crippen LogP contribution in [0.15, 0.2) is 64.4 Å². The molecule has 0 saturated heterocycles. The van der Waals surface area contributed by atoms with E-state index in [1.807, 2.05) is 19.1 Å². The molecule has 1 N–H and O–H groups in total. The van der Waals surface area contributed by atoms with Crippen LogP contribution in [0.4, 0.5) is 5.82 Å². The highest BCUT2D eigenvalue weighted by Gasteiger charge is 2.20. The molecule has 3 aromatic heterocycles. The molecule has 0 aliphatic rings. The Morgan fingerprint density at radius 1 is 1.00 bits per heavy atom. The average Bonchev–Trinajstić information content (AvgIpc) is 3.23. The number of aromatic nitrogens is 4. The molecule has 3 heterocycles. The van der Waals surface area contributed by atoms with Crippen LogP contribution in [0, 0.1) is 13.8 Å². The zero-order valence-electron chi connectivity index (χ0n) is 17.5. The van der Waals surface area contributed by atoms with E-state index >= 15 is 0 Å². The first-order valence-corrected chi connectivity index (χ1v) is 11.4. The first kappa shape index (κ1) is 21.3. The predicted octanol–water partition coefficient (Wildman–Crippen LogP) is 3.47. The Hall–Kier alpha value is -3.92. The number of hydrogen-bond acceptors (Lipinski definition) is 8. The van der Waals surface area contributed by atoms with Crippen LogP contribution in [-0.4, -0.2) is 40.5 Å². The number of amides is 1. The zero-order valence-corrected chi connectivity index (χ0v) is 18.3. The summed E-state index contributed by atoms with van der Waals surface area (Å²) in [6.07, 6.45) is 4.00. The molecule has 1 aromatic carbocycles. The van der Waals surface area contributed by atoms with Gasteiger partial charge in [-0.3, -0.25) is 9.78 Å². The lowest BCUT2D eigenvalue weighted by Crippen LogP contribution is -2.14. The van der Waals surface area contributed by atoms with E-state index in [9.17, 15) is 13.2 Å². The standard InChI is InChI=1S/C22H19N5O4S/c1-13-4-9-17(23-11-13)21-25-14(2)10-18(26-21)27-22(28)20-19(24-12-31-20)15-5-7-16(8-6-15)32(3,29)30/h4-12H,1-3H3,(H,25,26,27,28). The fourth-order valence-electron chi connectivity index (χ4n) is 2.99. The molecule has 0 radical (unpaired) electrons. The topological polar surface area (TPSA) is 128 Å². The summed E-state index contributed by atoms with van der Waals surface area (Å²) in [5.41, 5.74) is 3.08. The van der Waals surface area contributed by atoms with Crippen molar-refractivity contribution in [1.82, 2.24) is 19.9 Å². The maximum Gasteiger partial charge on any atom is 0.294 e. The van der Waals surface area contributed by atoms with E-state index < -0.39 is 15.7 Å². The molecule has 9 nitrogen and oxygen atoms in total. The Morgan fingerprint density at radius 2 is 1.75 bits per heavy atom. The summed E-state index contributed by atoms with van der Waals surface area (Å²) in [5, 5.41) is 2.71. The smallest absolute Gasteiger partial charge is 0.294 e. The normalized spacial score (nSPS) is 11.3. The van der Waals surface area contributed by atoms with Crippen molar-refractivity contribution in [3.05, 3.63) is 72.1 Å². The summed E-state index contributed by atoms with van der Waals surface area (Å²) in [6, 6.07) is 11.4. The quantitative estimate of drug-likeness (QED) is 0.490. The number of nitrogens with zero attached hydrogens (tertiary/aromatic N) is 4. The number of nitrogens with one attached hydrogen (secondary N) is 1. The fraction of sp³-hybridized carbons (Fsp3) is 0.136. The lowest BCUT2D eigenvalue weighted by Gasteiger charge is -2.08. The second-order valence-corrected chi connectivity index (χ2v) is 9.24. The van der Waals surface area contributed by atoms with Crippen molar-refractivity contribution in [2.45, 2.75) is 18.7 Å². The molecule has 0 aliphatic carbocycles. The van der Waals surface area contributed by atoms with Crippen molar-refractivity contribution in [2.24, 2.45) is 0 Å².